The fourth-order valence-corrected chi connectivity index (χ4v) is 3.52. The zero-order chi connectivity index (χ0) is 17.2. The predicted octanol–water partition coefficient (Wildman–Crippen LogP) is 3.21. The van der Waals surface area contributed by atoms with E-state index in [1.54, 1.807) is 11.0 Å². The van der Waals surface area contributed by atoms with E-state index in [1.165, 1.54) is 0 Å². The Balaban J connectivity index is 1.62. The van der Waals surface area contributed by atoms with Crippen molar-refractivity contribution in [2.75, 3.05) is 13.1 Å². The van der Waals surface area contributed by atoms with E-state index in [9.17, 15) is 4.39 Å². The molecule has 2 heterocycles. The number of alkyl halides is 2. The third kappa shape index (κ3) is 3.75. The molecule has 0 spiro atoms. The lowest BCUT2D eigenvalue weighted by atomic mass is 9.92. The van der Waals surface area contributed by atoms with Gasteiger partial charge in [-0.3, -0.25) is 4.90 Å². The van der Waals surface area contributed by atoms with E-state index in [0.29, 0.717) is 19.5 Å². The lowest BCUT2D eigenvalue weighted by molar-refractivity contribution is 0.107. The summed E-state index contributed by atoms with van der Waals surface area (Å²) in [5.41, 5.74) is 2.92. The first-order chi connectivity index (χ1) is 11.5. The van der Waals surface area contributed by atoms with Crippen molar-refractivity contribution in [1.82, 2.24) is 19.9 Å². The molecule has 7 heteroatoms. The van der Waals surface area contributed by atoms with Gasteiger partial charge in [-0.05, 0) is 31.0 Å². The number of likely N-dealkylation sites (tertiary alicyclic amines) is 1. The van der Waals surface area contributed by atoms with E-state index >= 15 is 0 Å². The second kappa shape index (κ2) is 7.15. The molecule has 2 unspecified atom stereocenters. The van der Waals surface area contributed by atoms with Crippen molar-refractivity contribution in [3.05, 3.63) is 41.7 Å². The Morgan fingerprint density at radius 1 is 1.42 bits per heavy atom. The van der Waals surface area contributed by atoms with Gasteiger partial charge in [0.15, 0.2) is 0 Å². The lowest BCUT2D eigenvalue weighted by Gasteiger charge is -2.39. The molecule has 1 aliphatic heterocycles. The molecule has 2 atom stereocenters. The Bertz CT molecular complexity index is 738. The summed E-state index contributed by atoms with van der Waals surface area (Å²) in [6.45, 7) is 3.81. The normalized spacial score (nSPS) is 24.7. The number of piperidine rings is 1. The fraction of sp³-hybridized carbons (Fsp3) is 0.471. The largest absolute Gasteiger partial charge is 0.296 e. The minimum Gasteiger partial charge on any atom is -0.296 e. The molecule has 2 aromatic rings. The number of rotatable bonds is 4. The van der Waals surface area contributed by atoms with Crippen molar-refractivity contribution >= 4 is 22.6 Å². The molecule has 0 bridgehead atoms. The van der Waals surface area contributed by atoms with Crippen LogP contribution in [0.5, 0.6) is 0 Å². The molecule has 1 aliphatic rings. The van der Waals surface area contributed by atoms with Crippen molar-refractivity contribution < 1.29 is 4.39 Å². The van der Waals surface area contributed by atoms with Crippen LogP contribution in [0.3, 0.4) is 0 Å². The lowest BCUT2D eigenvalue weighted by Crippen LogP contribution is -2.49. The maximum atomic E-state index is 14.4. The summed E-state index contributed by atoms with van der Waals surface area (Å²) in [7, 11) is 0. The predicted molar refractivity (Wildman–Crippen MR) is 97.9 cm³/mol. The van der Waals surface area contributed by atoms with E-state index < -0.39 is 9.59 Å². The monoisotopic (exact) mass is 439 g/mol. The van der Waals surface area contributed by atoms with Crippen LogP contribution in [-0.2, 0) is 6.54 Å². The second-order valence-electron chi connectivity index (χ2n) is 6.26. The molecular formula is C17H19FIN5. The van der Waals surface area contributed by atoms with Crippen molar-refractivity contribution in [2.24, 2.45) is 0 Å². The maximum absolute atomic E-state index is 14.4. The van der Waals surface area contributed by atoms with Gasteiger partial charge in [-0.25, -0.2) is 4.39 Å². The van der Waals surface area contributed by atoms with Crippen LogP contribution in [0.15, 0.2) is 30.5 Å². The molecule has 0 N–H and O–H groups in total. The Morgan fingerprint density at radius 3 is 2.75 bits per heavy atom. The quantitative estimate of drug-likeness (QED) is 0.543. The number of hydrogen-bond donors (Lipinski definition) is 0. The van der Waals surface area contributed by atoms with E-state index in [2.05, 4.69) is 43.8 Å². The number of benzene rings is 1. The van der Waals surface area contributed by atoms with E-state index in [0.717, 1.165) is 23.5 Å². The topological polar surface area (TPSA) is 57.7 Å². The van der Waals surface area contributed by atoms with Crippen LogP contribution in [0.2, 0.25) is 0 Å². The van der Waals surface area contributed by atoms with Crippen LogP contribution >= 0.6 is 22.6 Å². The standard InChI is InChI=1S/C17H19FIN5/c1-13-10-21-24(22-13)15-4-2-14(3-5-15)11-23-9-7-17(19,6-8-20)16(18)12-23/h2-5,10,16H,6-7,9,11-12H2,1H3. The molecule has 5 nitrogen and oxygen atoms in total. The summed E-state index contributed by atoms with van der Waals surface area (Å²) in [4.78, 5) is 3.72. The summed E-state index contributed by atoms with van der Waals surface area (Å²) in [5.74, 6) is 0. The van der Waals surface area contributed by atoms with E-state index in [1.807, 2.05) is 31.2 Å². The smallest absolute Gasteiger partial charge is 0.128 e. The number of nitriles is 1. The van der Waals surface area contributed by atoms with Crippen LogP contribution in [0, 0.1) is 18.3 Å². The van der Waals surface area contributed by atoms with Crippen molar-refractivity contribution in [1.29, 1.82) is 5.26 Å². The molecule has 1 aromatic carbocycles. The van der Waals surface area contributed by atoms with Crippen molar-refractivity contribution in [3.8, 4) is 11.8 Å². The summed E-state index contributed by atoms with van der Waals surface area (Å²) < 4.78 is 13.9. The van der Waals surface area contributed by atoms with Crippen LogP contribution in [0.25, 0.3) is 5.69 Å². The molecule has 24 heavy (non-hydrogen) atoms. The number of halogens is 2. The molecule has 3 rings (SSSR count). The summed E-state index contributed by atoms with van der Waals surface area (Å²) >= 11 is 2.13. The summed E-state index contributed by atoms with van der Waals surface area (Å²) in [5, 5.41) is 17.4. The van der Waals surface area contributed by atoms with Gasteiger partial charge in [-0.15, -0.1) is 0 Å². The van der Waals surface area contributed by atoms with Gasteiger partial charge in [0.25, 0.3) is 0 Å². The summed E-state index contributed by atoms with van der Waals surface area (Å²) in [6, 6.07) is 10.1. The molecular weight excluding hydrogens is 420 g/mol. The SMILES string of the molecule is Cc1cnn(-c2ccc(CN3CCC(I)(CC#N)C(F)C3)cc2)n1. The van der Waals surface area contributed by atoms with Crippen LogP contribution in [0.4, 0.5) is 4.39 Å². The third-order valence-corrected chi connectivity index (χ3v) is 5.97. The van der Waals surface area contributed by atoms with E-state index in [-0.39, 0.29) is 6.42 Å². The second-order valence-corrected chi connectivity index (χ2v) is 8.41. The molecule has 0 radical (unpaired) electrons. The molecule has 126 valence electrons. The van der Waals surface area contributed by atoms with Gasteiger partial charge < -0.3 is 0 Å². The number of hydrogen-bond acceptors (Lipinski definition) is 4. The minimum absolute atomic E-state index is 0.271. The minimum atomic E-state index is -0.970. The Kier molecular flexibility index (Phi) is 5.15. The highest BCUT2D eigenvalue weighted by atomic mass is 127. The number of nitrogens with zero attached hydrogens (tertiary/aromatic N) is 5. The molecule has 0 saturated carbocycles. The van der Waals surface area contributed by atoms with Crippen LogP contribution < -0.4 is 0 Å². The van der Waals surface area contributed by atoms with Crippen molar-refractivity contribution in [2.45, 2.75) is 35.9 Å². The highest BCUT2D eigenvalue weighted by molar-refractivity contribution is 14.1. The molecule has 1 aromatic heterocycles. The van der Waals surface area contributed by atoms with Gasteiger partial charge in [0, 0.05) is 19.6 Å². The maximum Gasteiger partial charge on any atom is 0.128 e. The van der Waals surface area contributed by atoms with Gasteiger partial charge in [-0.2, -0.15) is 20.3 Å². The number of aryl methyl sites for hydroxylation is 1. The van der Waals surface area contributed by atoms with Gasteiger partial charge in [-0.1, -0.05) is 34.7 Å². The molecule has 0 amide bonds. The highest BCUT2D eigenvalue weighted by Gasteiger charge is 2.41. The zero-order valence-corrected chi connectivity index (χ0v) is 15.6. The van der Waals surface area contributed by atoms with Gasteiger partial charge >= 0.3 is 0 Å². The molecule has 0 aliphatic carbocycles. The van der Waals surface area contributed by atoms with Gasteiger partial charge in [0.05, 0.1) is 33.5 Å². The van der Waals surface area contributed by atoms with Gasteiger partial charge in [0.1, 0.15) is 6.17 Å². The first-order valence-corrected chi connectivity index (χ1v) is 8.98. The first-order valence-electron chi connectivity index (χ1n) is 7.91. The zero-order valence-electron chi connectivity index (χ0n) is 13.5. The van der Waals surface area contributed by atoms with Crippen LogP contribution in [-0.4, -0.2) is 42.6 Å². The summed E-state index contributed by atoms with van der Waals surface area (Å²) in [6.07, 6.45) is 1.73. The Hall–Kier alpha value is -1.53. The van der Waals surface area contributed by atoms with Gasteiger partial charge in [0.2, 0.25) is 0 Å². The molecule has 1 saturated heterocycles. The third-order valence-electron chi connectivity index (χ3n) is 4.38. The molecule has 1 fully saturated rings. The Morgan fingerprint density at radius 2 is 2.17 bits per heavy atom. The fourth-order valence-electron chi connectivity index (χ4n) is 2.91. The highest BCUT2D eigenvalue weighted by Crippen LogP contribution is 2.37. The van der Waals surface area contributed by atoms with Crippen LogP contribution in [0.1, 0.15) is 24.1 Å². The van der Waals surface area contributed by atoms with Crippen molar-refractivity contribution in [3.63, 3.8) is 0 Å². The average molecular weight is 439 g/mol. The Labute approximate surface area is 154 Å². The van der Waals surface area contributed by atoms with E-state index in [4.69, 9.17) is 5.26 Å². The number of aromatic nitrogens is 3. The first kappa shape index (κ1) is 17.3. The average Bonchev–Trinajstić information content (AvgIpc) is 2.99.